The molecule has 3 rings (SSSR count). The van der Waals surface area contributed by atoms with E-state index in [4.69, 9.17) is 0 Å². The molecule has 2 aliphatic rings. The second-order valence-corrected chi connectivity index (χ2v) is 10.0. The molecule has 0 radical (unpaired) electrons. The van der Waals surface area contributed by atoms with Crippen LogP contribution in [-0.4, -0.2) is 62.8 Å². The molecule has 1 aromatic rings. The number of hydrogen-bond donors (Lipinski definition) is 1. The molecule has 0 bridgehead atoms. The van der Waals surface area contributed by atoms with Crippen molar-refractivity contribution in [2.45, 2.75) is 26.2 Å². The van der Waals surface area contributed by atoms with Gasteiger partial charge in [0.1, 0.15) is 0 Å². The summed E-state index contributed by atoms with van der Waals surface area (Å²) in [6, 6.07) is 3.82. The van der Waals surface area contributed by atoms with Gasteiger partial charge in [-0.2, -0.15) is 0 Å². The Labute approximate surface area is 164 Å². The van der Waals surface area contributed by atoms with Gasteiger partial charge in [-0.05, 0) is 50.3 Å². The summed E-state index contributed by atoms with van der Waals surface area (Å²) in [6.07, 6.45) is 4.17. The minimum Gasteiger partial charge on any atom is -0.334 e. The van der Waals surface area contributed by atoms with Crippen LogP contribution in [0.4, 0.5) is 0 Å². The number of sulfonamides is 1. The predicted molar refractivity (Wildman–Crippen MR) is 106 cm³/mol. The minimum absolute atomic E-state index is 0.0208. The van der Waals surface area contributed by atoms with Gasteiger partial charge in [0.25, 0.3) is 0 Å². The number of carbonyl (C=O) groups excluding carboxylic acids is 2. The third kappa shape index (κ3) is 5.40. The van der Waals surface area contributed by atoms with Gasteiger partial charge in [0.2, 0.25) is 10.0 Å². The average Bonchev–Trinajstić information content (AvgIpc) is 3.38. The first-order valence-electron chi connectivity index (χ1n) is 9.16. The molecule has 2 saturated heterocycles. The SMILES string of the molecule is Cc1ccc(/C=C/S(=O)(=O)NC[C@H]2CCN(C(=O)C(=O)N3CCCC3)C2)s1. The van der Waals surface area contributed by atoms with Gasteiger partial charge in [0, 0.05) is 47.9 Å². The van der Waals surface area contributed by atoms with Crippen LogP contribution in [0.3, 0.4) is 0 Å². The maximum Gasteiger partial charge on any atom is 0.312 e. The van der Waals surface area contributed by atoms with Crippen LogP contribution >= 0.6 is 11.3 Å². The number of aryl methyl sites for hydroxylation is 1. The minimum atomic E-state index is -3.53. The summed E-state index contributed by atoms with van der Waals surface area (Å²) >= 11 is 1.53. The third-order valence-corrected chi connectivity index (χ3v) is 6.92. The number of amides is 2. The molecule has 1 N–H and O–H groups in total. The fraction of sp³-hybridized carbons (Fsp3) is 0.556. The molecular formula is C18H25N3O4S2. The van der Waals surface area contributed by atoms with Gasteiger partial charge in [0.05, 0.1) is 0 Å². The van der Waals surface area contributed by atoms with E-state index in [2.05, 4.69) is 4.72 Å². The van der Waals surface area contributed by atoms with Gasteiger partial charge in [0.15, 0.2) is 0 Å². The van der Waals surface area contributed by atoms with Crippen LogP contribution in [0.15, 0.2) is 17.5 Å². The van der Waals surface area contributed by atoms with Crippen molar-refractivity contribution in [2.75, 3.05) is 32.7 Å². The van der Waals surface area contributed by atoms with Crippen molar-refractivity contribution in [3.05, 3.63) is 27.3 Å². The van der Waals surface area contributed by atoms with E-state index >= 15 is 0 Å². The van der Waals surface area contributed by atoms with E-state index in [1.807, 2.05) is 19.1 Å². The van der Waals surface area contributed by atoms with Gasteiger partial charge in [-0.25, -0.2) is 13.1 Å². The highest BCUT2D eigenvalue weighted by atomic mass is 32.2. The van der Waals surface area contributed by atoms with E-state index in [0.717, 1.165) is 22.6 Å². The number of hydrogen-bond acceptors (Lipinski definition) is 5. The zero-order valence-electron chi connectivity index (χ0n) is 15.4. The van der Waals surface area contributed by atoms with Crippen LogP contribution in [-0.2, 0) is 19.6 Å². The zero-order chi connectivity index (χ0) is 19.4. The Bertz CT molecular complexity index is 825. The predicted octanol–water partition coefficient (Wildman–Crippen LogP) is 1.42. The fourth-order valence-corrected chi connectivity index (χ4v) is 5.11. The van der Waals surface area contributed by atoms with Crippen molar-refractivity contribution >= 4 is 39.3 Å². The summed E-state index contributed by atoms with van der Waals surface area (Å²) in [5, 5.41) is 1.17. The van der Waals surface area contributed by atoms with Crippen LogP contribution in [0.2, 0.25) is 0 Å². The summed E-state index contributed by atoms with van der Waals surface area (Å²) in [6.45, 7) is 4.44. The van der Waals surface area contributed by atoms with Crippen LogP contribution < -0.4 is 4.72 Å². The van der Waals surface area contributed by atoms with E-state index in [1.54, 1.807) is 15.9 Å². The molecule has 1 aromatic heterocycles. The molecule has 1 atom stereocenters. The number of rotatable bonds is 5. The summed E-state index contributed by atoms with van der Waals surface area (Å²) in [7, 11) is -3.53. The van der Waals surface area contributed by atoms with E-state index in [9.17, 15) is 18.0 Å². The Kier molecular flexibility index (Phi) is 6.33. The topological polar surface area (TPSA) is 86.8 Å². The standard InChI is InChI=1S/C18H25N3O4S2/c1-14-4-5-16(26-14)7-11-27(24,25)19-12-15-6-10-21(13-15)18(23)17(22)20-8-2-3-9-20/h4-5,7,11,15,19H,2-3,6,8-10,12-13H2,1H3/b11-7+/t15-/m1/s1. The molecule has 9 heteroatoms. The lowest BCUT2D eigenvalue weighted by atomic mass is 10.1. The second kappa shape index (κ2) is 8.53. The molecule has 2 fully saturated rings. The number of nitrogens with one attached hydrogen (secondary N) is 1. The van der Waals surface area contributed by atoms with Crippen LogP contribution in [0.25, 0.3) is 6.08 Å². The molecule has 0 saturated carbocycles. The molecule has 2 amide bonds. The number of nitrogens with zero attached hydrogens (tertiary/aromatic N) is 2. The maximum absolute atomic E-state index is 12.3. The lowest BCUT2D eigenvalue weighted by Gasteiger charge is -2.20. The molecule has 148 valence electrons. The molecule has 3 heterocycles. The Morgan fingerprint density at radius 2 is 1.89 bits per heavy atom. The van der Waals surface area contributed by atoms with Gasteiger partial charge >= 0.3 is 11.8 Å². The van der Waals surface area contributed by atoms with Crippen LogP contribution in [0.5, 0.6) is 0 Å². The molecule has 0 unspecified atom stereocenters. The second-order valence-electron chi connectivity index (χ2n) is 7.05. The monoisotopic (exact) mass is 411 g/mol. The van der Waals surface area contributed by atoms with Crippen molar-refractivity contribution in [2.24, 2.45) is 5.92 Å². The lowest BCUT2D eigenvalue weighted by Crippen LogP contribution is -2.43. The summed E-state index contributed by atoms with van der Waals surface area (Å²) in [5.41, 5.74) is 0. The molecular weight excluding hydrogens is 386 g/mol. The molecule has 0 spiro atoms. The number of thiophene rings is 1. The number of carbonyl (C=O) groups is 2. The molecule has 27 heavy (non-hydrogen) atoms. The van der Waals surface area contributed by atoms with Crippen molar-refractivity contribution in [3.8, 4) is 0 Å². The van der Waals surface area contributed by atoms with Gasteiger partial charge in [-0.15, -0.1) is 11.3 Å². The Morgan fingerprint density at radius 1 is 1.19 bits per heavy atom. The molecule has 0 aromatic carbocycles. The van der Waals surface area contributed by atoms with Gasteiger partial charge in [-0.3, -0.25) is 9.59 Å². The van der Waals surface area contributed by atoms with Gasteiger partial charge in [-0.1, -0.05) is 0 Å². The number of likely N-dealkylation sites (tertiary alicyclic amines) is 2. The highest BCUT2D eigenvalue weighted by molar-refractivity contribution is 7.92. The van der Waals surface area contributed by atoms with Crippen molar-refractivity contribution in [1.29, 1.82) is 0 Å². The van der Waals surface area contributed by atoms with E-state index < -0.39 is 21.8 Å². The highest BCUT2D eigenvalue weighted by Crippen LogP contribution is 2.19. The fourth-order valence-electron chi connectivity index (χ4n) is 3.36. The smallest absolute Gasteiger partial charge is 0.312 e. The highest BCUT2D eigenvalue weighted by Gasteiger charge is 2.33. The molecule has 7 nitrogen and oxygen atoms in total. The van der Waals surface area contributed by atoms with E-state index in [1.165, 1.54) is 16.7 Å². The van der Waals surface area contributed by atoms with Crippen molar-refractivity contribution < 1.29 is 18.0 Å². The average molecular weight is 412 g/mol. The van der Waals surface area contributed by atoms with Crippen molar-refractivity contribution in [1.82, 2.24) is 14.5 Å². The van der Waals surface area contributed by atoms with E-state index in [0.29, 0.717) is 32.6 Å². The Balaban J connectivity index is 1.47. The van der Waals surface area contributed by atoms with E-state index in [-0.39, 0.29) is 12.5 Å². The first-order chi connectivity index (χ1) is 12.8. The summed E-state index contributed by atoms with van der Waals surface area (Å²) < 4.78 is 26.8. The molecule has 2 aliphatic heterocycles. The van der Waals surface area contributed by atoms with Gasteiger partial charge < -0.3 is 9.80 Å². The Hall–Kier alpha value is -1.71. The quantitative estimate of drug-likeness (QED) is 0.743. The zero-order valence-corrected chi connectivity index (χ0v) is 17.0. The van der Waals surface area contributed by atoms with Crippen LogP contribution in [0.1, 0.15) is 29.0 Å². The lowest BCUT2D eigenvalue weighted by molar-refractivity contribution is -0.150. The first-order valence-corrected chi connectivity index (χ1v) is 11.5. The normalized spacial score (nSPS) is 20.7. The Morgan fingerprint density at radius 3 is 2.56 bits per heavy atom. The third-order valence-electron chi connectivity index (χ3n) is 4.90. The summed E-state index contributed by atoms with van der Waals surface area (Å²) in [5.74, 6) is -0.870. The largest absolute Gasteiger partial charge is 0.334 e. The maximum atomic E-state index is 12.3. The van der Waals surface area contributed by atoms with Crippen LogP contribution in [0, 0.1) is 12.8 Å². The summed E-state index contributed by atoms with van der Waals surface area (Å²) in [4.78, 5) is 29.7. The first kappa shape index (κ1) is 20.0. The molecule has 0 aliphatic carbocycles. The van der Waals surface area contributed by atoms with Crippen molar-refractivity contribution in [3.63, 3.8) is 0 Å².